The van der Waals surface area contributed by atoms with Gasteiger partial charge >= 0.3 is 0 Å². The van der Waals surface area contributed by atoms with Crippen molar-refractivity contribution in [2.45, 2.75) is 6.92 Å². The lowest BCUT2D eigenvalue weighted by atomic mass is 9.98. The van der Waals surface area contributed by atoms with Crippen molar-refractivity contribution in [3.63, 3.8) is 0 Å². The molecule has 0 radical (unpaired) electrons. The Morgan fingerprint density at radius 2 is 2.12 bits per heavy atom. The lowest BCUT2D eigenvalue weighted by Crippen LogP contribution is -2.25. The SMILES string of the molecule is CNCC(C)C(=O)c1c(F)ccc(Br)c1F. The fourth-order valence-corrected chi connectivity index (χ4v) is 1.73. The van der Waals surface area contributed by atoms with Gasteiger partial charge in [0.1, 0.15) is 5.82 Å². The fraction of sp³-hybridized carbons (Fsp3) is 0.364. The summed E-state index contributed by atoms with van der Waals surface area (Å²) in [7, 11) is 1.68. The molecule has 0 spiro atoms. The van der Waals surface area contributed by atoms with Crippen molar-refractivity contribution < 1.29 is 13.6 Å². The average molecular weight is 292 g/mol. The second-order valence-electron chi connectivity index (χ2n) is 3.54. The number of carbonyl (C=O) groups is 1. The van der Waals surface area contributed by atoms with Crippen LogP contribution in [0.1, 0.15) is 17.3 Å². The van der Waals surface area contributed by atoms with Gasteiger partial charge in [-0.2, -0.15) is 0 Å². The number of halogens is 3. The predicted octanol–water partition coefficient (Wildman–Crippen LogP) is 2.77. The Balaban J connectivity index is 3.12. The number of benzene rings is 1. The molecule has 0 amide bonds. The van der Waals surface area contributed by atoms with Crippen molar-refractivity contribution in [2.24, 2.45) is 5.92 Å². The summed E-state index contributed by atoms with van der Waals surface area (Å²) in [5.41, 5.74) is -0.475. The molecule has 0 saturated carbocycles. The van der Waals surface area contributed by atoms with E-state index in [0.29, 0.717) is 6.54 Å². The third-order valence-corrected chi connectivity index (χ3v) is 2.86. The Bertz CT molecular complexity index is 409. The molecule has 1 unspecified atom stereocenters. The van der Waals surface area contributed by atoms with Crippen LogP contribution in [0.3, 0.4) is 0 Å². The van der Waals surface area contributed by atoms with E-state index in [1.807, 2.05) is 0 Å². The van der Waals surface area contributed by atoms with Crippen LogP contribution in [-0.2, 0) is 0 Å². The molecule has 88 valence electrons. The molecule has 1 N–H and O–H groups in total. The number of hydrogen-bond donors (Lipinski definition) is 1. The van der Waals surface area contributed by atoms with Crippen LogP contribution in [0.25, 0.3) is 0 Å². The van der Waals surface area contributed by atoms with E-state index in [0.717, 1.165) is 6.07 Å². The number of hydrogen-bond acceptors (Lipinski definition) is 2. The van der Waals surface area contributed by atoms with Crippen LogP contribution in [-0.4, -0.2) is 19.4 Å². The van der Waals surface area contributed by atoms with Gasteiger partial charge in [0.2, 0.25) is 0 Å². The Kier molecular flexibility index (Phi) is 4.56. The van der Waals surface area contributed by atoms with Gasteiger partial charge < -0.3 is 5.32 Å². The standard InChI is InChI=1S/C11H12BrF2NO/c1-6(5-15-2)11(16)9-8(13)4-3-7(12)10(9)14/h3-4,6,15H,5H2,1-2H3. The lowest BCUT2D eigenvalue weighted by Gasteiger charge is -2.11. The number of carbonyl (C=O) groups excluding carboxylic acids is 1. The van der Waals surface area contributed by atoms with Crippen molar-refractivity contribution in [3.8, 4) is 0 Å². The van der Waals surface area contributed by atoms with Gasteiger partial charge in [0.15, 0.2) is 11.6 Å². The molecule has 0 fully saturated rings. The van der Waals surface area contributed by atoms with E-state index in [-0.39, 0.29) is 4.47 Å². The van der Waals surface area contributed by atoms with E-state index >= 15 is 0 Å². The zero-order chi connectivity index (χ0) is 12.3. The van der Waals surface area contributed by atoms with Crippen molar-refractivity contribution in [1.29, 1.82) is 0 Å². The van der Waals surface area contributed by atoms with Crippen LogP contribution in [0.4, 0.5) is 8.78 Å². The van der Waals surface area contributed by atoms with Crippen LogP contribution in [0.15, 0.2) is 16.6 Å². The van der Waals surface area contributed by atoms with Crippen molar-refractivity contribution in [3.05, 3.63) is 33.8 Å². The molecule has 1 aromatic rings. The summed E-state index contributed by atoms with van der Waals surface area (Å²) in [5, 5.41) is 2.79. The maximum Gasteiger partial charge on any atom is 0.172 e. The van der Waals surface area contributed by atoms with Gasteiger partial charge in [-0.25, -0.2) is 8.78 Å². The first-order chi connectivity index (χ1) is 7.49. The summed E-state index contributed by atoms with van der Waals surface area (Å²) >= 11 is 2.93. The maximum atomic E-state index is 13.6. The number of ketones is 1. The van der Waals surface area contributed by atoms with E-state index in [1.54, 1.807) is 14.0 Å². The summed E-state index contributed by atoms with van der Waals surface area (Å²) in [5.74, 6) is -2.67. The monoisotopic (exact) mass is 291 g/mol. The number of nitrogens with one attached hydrogen (secondary N) is 1. The molecule has 1 rings (SSSR count). The first kappa shape index (κ1) is 13.3. The normalized spacial score (nSPS) is 12.6. The summed E-state index contributed by atoms with van der Waals surface area (Å²) in [6.45, 7) is 2.00. The third-order valence-electron chi connectivity index (χ3n) is 2.25. The molecule has 2 nitrogen and oxygen atoms in total. The van der Waals surface area contributed by atoms with E-state index < -0.39 is 28.9 Å². The maximum absolute atomic E-state index is 13.6. The summed E-state index contributed by atoms with van der Waals surface area (Å²) in [6, 6.07) is 2.32. The number of rotatable bonds is 4. The molecule has 0 aromatic heterocycles. The molecule has 0 bridgehead atoms. The predicted molar refractivity (Wildman–Crippen MR) is 61.5 cm³/mol. The van der Waals surface area contributed by atoms with Crippen LogP contribution in [0.2, 0.25) is 0 Å². The molecule has 0 aliphatic rings. The Morgan fingerprint density at radius 3 is 2.69 bits per heavy atom. The topological polar surface area (TPSA) is 29.1 Å². The smallest absolute Gasteiger partial charge is 0.172 e. The Hall–Kier alpha value is -0.810. The Labute approximate surface area is 101 Å². The van der Waals surface area contributed by atoms with Gasteiger partial charge in [-0.1, -0.05) is 6.92 Å². The second-order valence-corrected chi connectivity index (χ2v) is 4.40. The van der Waals surface area contributed by atoms with Crippen LogP contribution < -0.4 is 5.32 Å². The average Bonchev–Trinajstić information content (AvgIpc) is 2.24. The highest BCUT2D eigenvalue weighted by Crippen LogP contribution is 2.23. The van der Waals surface area contributed by atoms with Gasteiger partial charge in [-0.15, -0.1) is 0 Å². The zero-order valence-electron chi connectivity index (χ0n) is 8.98. The molecule has 1 aromatic carbocycles. The minimum absolute atomic E-state index is 0.0916. The molecule has 0 aliphatic carbocycles. The first-order valence-electron chi connectivity index (χ1n) is 4.81. The van der Waals surface area contributed by atoms with Crippen LogP contribution in [0, 0.1) is 17.6 Å². The fourth-order valence-electron chi connectivity index (χ4n) is 1.40. The zero-order valence-corrected chi connectivity index (χ0v) is 10.6. The van der Waals surface area contributed by atoms with E-state index in [2.05, 4.69) is 21.2 Å². The molecule has 16 heavy (non-hydrogen) atoms. The molecule has 0 aliphatic heterocycles. The summed E-state index contributed by atoms with van der Waals surface area (Å²) in [6.07, 6.45) is 0. The van der Waals surface area contributed by atoms with Gasteiger partial charge in [0.25, 0.3) is 0 Å². The number of Topliss-reactive ketones (excluding diaryl/α,β-unsaturated/α-hetero) is 1. The summed E-state index contributed by atoms with van der Waals surface area (Å²) < 4.78 is 27.1. The van der Waals surface area contributed by atoms with Gasteiger partial charge in [-0.3, -0.25) is 4.79 Å². The van der Waals surface area contributed by atoms with E-state index in [1.165, 1.54) is 6.07 Å². The molecule has 1 atom stereocenters. The quantitative estimate of drug-likeness (QED) is 0.683. The van der Waals surface area contributed by atoms with Gasteiger partial charge in [-0.05, 0) is 35.1 Å². The highest BCUT2D eigenvalue weighted by atomic mass is 79.9. The summed E-state index contributed by atoms with van der Waals surface area (Å²) in [4.78, 5) is 11.8. The third kappa shape index (κ3) is 2.65. The largest absolute Gasteiger partial charge is 0.319 e. The molecule has 0 saturated heterocycles. The highest BCUT2D eigenvalue weighted by molar-refractivity contribution is 9.10. The van der Waals surface area contributed by atoms with Gasteiger partial charge in [0, 0.05) is 12.5 Å². The van der Waals surface area contributed by atoms with Crippen molar-refractivity contribution in [2.75, 3.05) is 13.6 Å². The molecule has 0 heterocycles. The molecular formula is C11H12BrF2NO. The van der Waals surface area contributed by atoms with Crippen molar-refractivity contribution >= 4 is 21.7 Å². The second kappa shape index (κ2) is 5.50. The minimum atomic E-state index is -0.840. The minimum Gasteiger partial charge on any atom is -0.319 e. The Morgan fingerprint density at radius 1 is 1.50 bits per heavy atom. The highest BCUT2D eigenvalue weighted by Gasteiger charge is 2.23. The first-order valence-corrected chi connectivity index (χ1v) is 5.60. The van der Waals surface area contributed by atoms with E-state index in [9.17, 15) is 13.6 Å². The van der Waals surface area contributed by atoms with Gasteiger partial charge in [0.05, 0.1) is 10.0 Å². The van der Waals surface area contributed by atoms with Crippen molar-refractivity contribution in [1.82, 2.24) is 5.32 Å². The molecular weight excluding hydrogens is 280 g/mol. The lowest BCUT2D eigenvalue weighted by molar-refractivity contribution is 0.0921. The van der Waals surface area contributed by atoms with Crippen LogP contribution >= 0.6 is 15.9 Å². The van der Waals surface area contributed by atoms with E-state index in [4.69, 9.17) is 0 Å². The van der Waals surface area contributed by atoms with Crippen LogP contribution in [0.5, 0.6) is 0 Å². The molecule has 5 heteroatoms.